The van der Waals surface area contributed by atoms with Crippen LogP contribution in [0.25, 0.3) is 0 Å². The summed E-state index contributed by atoms with van der Waals surface area (Å²) in [6.45, 7) is 5.97. The van der Waals surface area contributed by atoms with Crippen LogP contribution in [-0.4, -0.2) is 64.7 Å². The molecule has 1 saturated heterocycles. The molecule has 1 aromatic heterocycles. The molecular formula is C16H28N6O2S. The number of guanidine groups is 1. The van der Waals surface area contributed by atoms with Crippen LogP contribution in [0.15, 0.2) is 4.99 Å². The average molecular weight is 369 g/mol. The van der Waals surface area contributed by atoms with Crippen LogP contribution in [0.1, 0.15) is 44.8 Å². The molecule has 0 atom stereocenters. The van der Waals surface area contributed by atoms with E-state index in [2.05, 4.69) is 25.1 Å². The molecule has 1 N–H and O–H groups in total. The van der Waals surface area contributed by atoms with Crippen LogP contribution in [0.4, 0.5) is 0 Å². The van der Waals surface area contributed by atoms with Crippen molar-refractivity contribution < 1.29 is 8.42 Å². The van der Waals surface area contributed by atoms with Crippen molar-refractivity contribution in [2.24, 2.45) is 4.99 Å². The quantitative estimate of drug-likeness (QED) is 0.607. The standard InChI is InChI=1S/C16H28N6O2S/c1-16(2)12-21(9-10-25(16,23)24)15(17-3)18-11-14-20-19-13-7-5-4-6-8-22(13)14/h4-12H2,1-3H3,(H,17,18). The van der Waals surface area contributed by atoms with Gasteiger partial charge in [0, 0.05) is 33.1 Å². The Morgan fingerprint density at radius 3 is 2.76 bits per heavy atom. The minimum Gasteiger partial charge on any atom is -0.349 e. The highest BCUT2D eigenvalue weighted by Gasteiger charge is 2.41. The lowest BCUT2D eigenvalue weighted by Gasteiger charge is -2.39. The van der Waals surface area contributed by atoms with Gasteiger partial charge < -0.3 is 14.8 Å². The van der Waals surface area contributed by atoms with Gasteiger partial charge in [-0.25, -0.2) is 8.42 Å². The summed E-state index contributed by atoms with van der Waals surface area (Å²) in [6, 6.07) is 0. The highest BCUT2D eigenvalue weighted by Crippen LogP contribution is 2.23. The van der Waals surface area contributed by atoms with Gasteiger partial charge in [-0.2, -0.15) is 0 Å². The number of fused-ring (bicyclic) bond motifs is 1. The van der Waals surface area contributed by atoms with Gasteiger partial charge in [0.1, 0.15) is 5.82 Å². The molecule has 0 aliphatic carbocycles. The Balaban J connectivity index is 1.67. The molecule has 0 saturated carbocycles. The van der Waals surface area contributed by atoms with Crippen LogP contribution in [0.3, 0.4) is 0 Å². The van der Waals surface area contributed by atoms with Gasteiger partial charge in [0.15, 0.2) is 21.6 Å². The molecule has 0 unspecified atom stereocenters. The number of rotatable bonds is 2. The van der Waals surface area contributed by atoms with Gasteiger partial charge in [-0.05, 0) is 26.7 Å². The van der Waals surface area contributed by atoms with Gasteiger partial charge in [-0.3, -0.25) is 4.99 Å². The van der Waals surface area contributed by atoms with Crippen molar-refractivity contribution in [3.8, 4) is 0 Å². The molecule has 9 heteroatoms. The van der Waals surface area contributed by atoms with Gasteiger partial charge >= 0.3 is 0 Å². The molecule has 0 aromatic carbocycles. The zero-order valence-electron chi connectivity index (χ0n) is 15.3. The van der Waals surface area contributed by atoms with E-state index in [1.807, 2.05) is 4.90 Å². The molecule has 140 valence electrons. The molecule has 2 aliphatic rings. The molecule has 8 nitrogen and oxygen atoms in total. The minimum atomic E-state index is -3.06. The lowest BCUT2D eigenvalue weighted by atomic mass is 10.2. The summed E-state index contributed by atoms with van der Waals surface area (Å²) in [5.74, 6) is 2.85. The Kier molecular flexibility index (Phi) is 5.04. The summed E-state index contributed by atoms with van der Waals surface area (Å²) in [7, 11) is -1.34. The molecule has 2 aliphatic heterocycles. The second-order valence-electron chi connectivity index (χ2n) is 7.40. The Bertz CT molecular complexity index is 753. The van der Waals surface area contributed by atoms with Crippen LogP contribution in [0.5, 0.6) is 0 Å². The van der Waals surface area contributed by atoms with Gasteiger partial charge in [-0.1, -0.05) is 6.42 Å². The fourth-order valence-electron chi connectivity index (χ4n) is 3.49. The lowest BCUT2D eigenvalue weighted by Crippen LogP contribution is -2.57. The molecular weight excluding hydrogens is 340 g/mol. The van der Waals surface area contributed by atoms with Crippen LogP contribution in [-0.2, 0) is 29.3 Å². The third kappa shape index (κ3) is 3.65. The van der Waals surface area contributed by atoms with E-state index in [0.29, 0.717) is 25.6 Å². The summed E-state index contributed by atoms with van der Waals surface area (Å²) < 4.78 is 25.8. The largest absolute Gasteiger partial charge is 0.349 e. The maximum atomic E-state index is 12.2. The summed E-state index contributed by atoms with van der Waals surface area (Å²) in [5, 5.41) is 12.0. The Labute approximate surface area is 149 Å². The van der Waals surface area contributed by atoms with Crippen LogP contribution in [0, 0.1) is 0 Å². The highest BCUT2D eigenvalue weighted by molar-refractivity contribution is 7.92. The SMILES string of the molecule is CN=C(NCc1nnc2n1CCCCC2)N1CCS(=O)(=O)C(C)(C)C1. The molecule has 0 radical (unpaired) electrons. The van der Waals surface area contributed by atoms with E-state index in [1.165, 1.54) is 12.8 Å². The average Bonchev–Trinajstić information content (AvgIpc) is 2.78. The molecule has 0 amide bonds. The molecule has 1 aromatic rings. The fourth-order valence-corrected chi connectivity index (χ4v) is 4.86. The van der Waals surface area contributed by atoms with Gasteiger partial charge in [0.25, 0.3) is 0 Å². The first-order valence-corrected chi connectivity index (χ1v) is 10.6. The first kappa shape index (κ1) is 18.2. The summed E-state index contributed by atoms with van der Waals surface area (Å²) >= 11 is 0. The van der Waals surface area contributed by atoms with Crippen molar-refractivity contribution in [1.29, 1.82) is 0 Å². The van der Waals surface area contributed by atoms with Crippen LogP contribution in [0.2, 0.25) is 0 Å². The third-order valence-electron chi connectivity index (χ3n) is 5.15. The van der Waals surface area contributed by atoms with Crippen LogP contribution >= 0.6 is 0 Å². The van der Waals surface area contributed by atoms with Crippen molar-refractivity contribution >= 4 is 15.8 Å². The third-order valence-corrected chi connectivity index (χ3v) is 7.68. The van der Waals surface area contributed by atoms with E-state index >= 15 is 0 Å². The van der Waals surface area contributed by atoms with Gasteiger partial charge in [-0.15, -0.1) is 10.2 Å². The molecule has 3 rings (SSSR count). The predicted molar refractivity (Wildman–Crippen MR) is 97.2 cm³/mol. The summed E-state index contributed by atoms with van der Waals surface area (Å²) in [6.07, 6.45) is 4.55. The zero-order valence-corrected chi connectivity index (χ0v) is 16.1. The first-order chi connectivity index (χ1) is 11.8. The number of nitrogens with zero attached hydrogens (tertiary/aromatic N) is 5. The Morgan fingerprint density at radius 2 is 2.04 bits per heavy atom. The number of hydrogen-bond donors (Lipinski definition) is 1. The monoisotopic (exact) mass is 368 g/mol. The molecule has 0 spiro atoms. The maximum absolute atomic E-state index is 12.2. The number of aromatic nitrogens is 3. The van der Waals surface area contributed by atoms with Crippen molar-refractivity contribution in [2.45, 2.75) is 57.4 Å². The van der Waals surface area contributed by atoms with E-state index in [9.17, 15) is 8.42 Å². The first-order valence-electron chi connectivity index (χ1n) is 8.93. The maximum Gasteiger partial charge on any atom is 0.194 e. The van der Waals surface area contributed by atoms with E-state index in [-0.39, 0.29) is 5.75 Å². The van der Waals surface area contributed by atoms with Crippen molar-refractivity contribution in [3.05, 3.63) is 11.6 Å². The van der Waals surface area contributed by atoms with Gasteiger partial charge in [0.2, 0.25) is 0 Å². The van der Waals surface area contributed by atoms with Crippen molar-refractivity contribution in [1.82, 2.24) is 25.0 Å². The number of hydrogen-bond acceptors (Lipinski definition) is 5. The summed E-state index contributed by atoms with van der Waals surface area (Å²) in [4.78, 5) is 6.35. The van der Waals surface area contributed by atoms with E-state index in [1.54, 1.807) is 20.9 Å². The second-order valence-corrected chi connectivity index (χ2v) is 10.1. The highest BCUT2D eigenvalue weighted by atomic mass is 32.2. The number of nitrogens with one attached hydrogen (secondary N) is 1. The smallest absolute Gasteiger partial charge is 0.194 e. The topological polar surface area (TPSA) is 92.5 Å². The zero-order chi connectivity index (χ0) is 18.1. The van der Waals surface area contributed by atoms with E-state index in [0.717, 1.165) is 31.0 Å². The summed E-state index contributed by atoms with van der Waals surface area (Å²) in [5.41, 5.74) is 0. The van der Waals surface area contributed by atoms with E-state index < -0.39 is 14.6 Å². The Hall–Kier alpha value is -1.64. The molecule has 1 fully saturated rings. The second kappa shape index (κ2) is 6.93. The molecule has 25 heavy (non-hydrogen) atoms. The number of aryl methyl sites for hydroxylation is 1. The Morgan fingerprint density at radius 1 is 1.24 bits per heavy atom. The van der Waals surface area contributed by atoms with E-state index in [4.69, 9.17) is 0 Å². The predicted octanol–water partition coefficient (Wildman–Crippen LogP) is 0.589. The number of aliphatic imine (C=N–C) groups is 1. The normalized spacial score (nSPS) is 23.0. The van der Waals surface area contributed by atoms with Crippen molar-refractivity contribution in [3.63, 3.8) is 0 Å². The molecule has 3 heterocycles. The van der Waals surface area contributed by atoms with Gasteiger partial charge in [0.05, 0.1) is 17.0 Å². The fraction of sp³-hybridized carbons (Fsp3) is 0.812. The minimum absolute atomic E-state index is 0.154. The van der Waals surface area contributed by atoms with Crippen LogP contribution < -0.4 is 5.32 Å². The lowest BCUT2D eigenvalue weighted by molar-refractivity contribution is 0.352. The number of sulfone groups is 1. The van der Waals surface area contributed by atoms with Crippen molar-refractivity contribution in [2.75, 3.05) is 25.9 Å². The molecule has 0 bridgehead atoms.